The number of aryl methyl sites for hydroxylation is 1. The van der Waals surface area contributed by atoms with E-state index in [4.69, 9.17) is 0 Å². The quantitative estimate of drug-likeness (QED) is 0.714. The molecule has 1 fully saturated rings. The number of amides is 1. The molecule has 0 atom stereocenters. The van der Waals surface area contributed by atoms with Gasteiger partial charge >= 0.3 is 5.69 Å². The monoisotopic (exact) mass is 356 g/mol. The summed E-state index contributed by atoms with van der Waals surface area (Å²) >= 11 is 0. The first-order valence-electron chi connectivity index (χ1n) is 8.90. The van der Waals surface area contributed by atoms with Crippen molar-refractivity contribution in [1.29, 1.82) is 0 Å². The lowest BCUT2D eigenvalue weighted by molar-refractivity contribution is -0.120. The maximum absolute atomic E-state index is 12.1. The van der Waals surface area contributed by atoms with Gasteiger partial charge in [-0.25, -0.2) is 4.79 Å². The van der Waals surface area contributed by atoms with Crippen molar-refractivity contribution in [1.82, 2.24) is 20.2 Å². The lowest BCUT2D eigenvalue weighted by Crippen LogP contribution is -2.32. The van der Waals surface area contributed by atoms with Crippen molar-refractivity contribution in [3.63, 3.8) is 0 Å². The number of carbonyl (C=O) groups excluding carboxylic acids is 1. The van der Waals surface area contributed by atoms with Gasteiger partial charge in [0.15, 0.2) is 0 Å². The Hall–Kier alpha value is -2.67. The van der Waals surface area contributed by atoms with E-state index in [2.05, 4.69) is 32.3 Å². The second-order valence-electron chi connectivity index (χ2n) is 6.77. The van der Waals surface area contributed by atoms with Gasteiger partial charge in [0.1, 0.15) is 0 Å². The average Bonchev–Trinajstić information content (AvgIpc) is 3.10. The molecule has 0 saturated carbocycles. The summed E-state index contributed by atoms with van der Waals surface area (Å²) < 4.78 is 0. The fourth-order valence-electron chi connectivity index (χ4n) is 3.22. The van der Waals surface area contributed by atoms with E-state index in [1.165, 1.54) is 31.5 Å². The fourth-order valence-corrected chi connectivity index (χ4v) is 3.22. The van der Waals surface area contributed by atoms with Crippen molar-refractivity contribution < 1.29 is 4.79 Å². The Morgan fingerprint density at radius 3 is 2.38 bits per heavy atom. The Labute approximate surface area is 151 Å². The first kappa shape index (κ1) is 18.1. The number of hydrogen-bond donors (Lipinski definition) is 3. The minimum atomic E-state index is -0.564. The topological polar surface area (TPSA) is 98.1 Å². The summed E-state index contributed by atoms with van der Waals surface area (Å²) in [5.41, 5.74) is 1.90. The van der Waals surface area contributed by atoms with Crippen LogP contribution in [0.25, 0.3) is 0 Å². The molecule has 0 bridgehead atoms. The number of likely N-dealkylation sites (tertiary alicyclic amines) is 1. The summed E-state index contributed by atoms with van der Waals surface area (Å²) in [5, 5.41) is 2.81. The van der Waals surface area contributed by atoms with E-state index in [1.807, 2.05) is 12.1 Å². The maximum Gasteiger partial charge on any atom is 0.325 e. The Morgan fingerprint density at radius 1 is 1.08 bits per heavy atom. The average molecular weight is 356 g/mol. The minimum Gasteiger partial charge on any atom is -0.352 e. The molecule has 0 spiro atoms. The van der Waals surface area contributed by atoms with Gasteiger partial charge in [-0.2, -0.15) is 0 Å². The molecule has 1 aromatic heterocycles. The molecular weight excluding hydrogens is 332 g/mol. The summed E-state index contributed by atoms with van der Waals surface area (Å²) in [6.45, 7) is 5.32. The first-order valence-corrected chi connectivity index (χ1v) is 8.90. The second-order valence-corrected chi connectivity index (χ2v) is 6.77. The van der Waals surface area contributed by atoms with Crippen molar-refractivity contribution in [3.8, 4) is 0 Å². The normalized spacial score (nSPS) is 14.5. The Bertz CT molecular complexity index is 877. The molecule has 1 aliphatic heterocycles. The number of nitrogens with one attached hydrogen (secondary N) is 3. The van der Waals surface area contributed by atoms with Gasteiger partial charge in [0.05, 0.1) is 6.42 Å². The summed E-state index contributed by atoms with van der Waals surface area (Å²) in [5.74, 6) is -0.258. The fraction of sp³-hybridized carbons (Fsp3) is 0.421. The summed E-state index contributed by atoms with van der Waals surface area (Å²) in [7, 11) is 0. The largest absolute Gasteiger partial charge is 0.352 e. The zero-order valence-corrected chi connectivity index (χ0v) is 14.9. The predicted octanol–water partition coefficient (Wildman–Crippen LogP) is 0.826. The molecular formula is C19H24N4O3. The number of H-pyrrole nitrogens is 2. The molecule has 0 aliphatic carbocycles. The SMILES string of the molecule is Cc1[nH]c(=O)[nH]c(=O)c1CC(=O)NCc1ccc(CN2CCCC2)cc1. The molecule has 2 aromatic rings. The molecule has 1 amide bonds. The van der Waals surface area contributed by atoms with Crippen molar-refractivity contribution in [3.05, 3.63) is 67.5 Å². The van der Waals surface area contributed by atoms with Gasteiger partial charge in [0, 0.05) is 24.3 Å². The standard InChI is InChI=1S/C19H24N4O3/c1-13-16(18(25)22-19(26)21-13)10-17(24)20-11-14-4-6-15(7-5-14)12-23-8-2-3-9-23/h4-7H,2-3,8-12H2,1H3,(H,20,24)(H2,21,22,25,26). The van der Waals surface area contributed by atoms with Crippen LogP contribution in [0.1, 0.15) is 35.2 Å². The Morgan fingerprint density at radius 2 is 1.73 bits per heavy atom. The van der Waals surface area contributed by atoms with Crippen LogP contribution in [0.2, 0.25) is 0 Å². The molecule has 26 heavy (non-hydrogen) atoms. The van der Waals surface area contributed by atoms with E-state index in [0.717, 1.165) is 12.1 Å². The van der Waals surface area contributed by atoms with Crippen LogP contribution in [0.15, 0.2) is 33.9 Å². The van der Waals surface area contributed by atoms with Gasteiger partial charge in [-0.3, -0.25) is 19.5 Å². The van der Waals surface area contributed by atoms with E-state index in [-0.39, 0.29) is 17.9 Å². The number of rotatable bonds is 6. The molecule has 3 N–H and O–H groups in total. The lowest BCUT2D eigenvalue weighted by atomic mass is 10.1. The summed E-state index contributed by atoms with van der Waals surface area (Å²) in [6.07, 6.45) is 2.49. The van der Waals surface area contributed by atoms with Gasteiger partial charge in [-0.1, -0.05) is 24.3 Å². The van der Waals surface area contributed by atoms with Crippen molar-refractivity contribution in [2.45, 2.75) is 39.3 Å². The Kier molecular flexibility index (Phi) is 5.68. The van der Waals surface area contributed by atoms with Gasteiger partial charge in [-0.05, 0) is 44.0 Å². The summed E-state index contributed by atoms with van der Waals surface area (Å²) in [4.78, 5) is 42.2. The van der Waals surface area contributed by atoms with Gasteiger partial charge in [0.2, 0.25) is 5.91 Å². The number of aromatic nitrogens is 2. The molecule has 1 saturated heterocycles. The number of nitrogens with zero attached hydrogens (tertiary/aromatic N) is 1. The molecule has 0 radical (unpaired) electrons. The first-order chi connectivity index (χ1) is 12.5. The van der Waals surface area contributed by atoms with Gasteiger partial charge in [0.25, 0.3) is 5.56 Å². The number of carbonyl (C=O) groups is 1. The predicted molar refractivity (Wildman–Crippen MR) is 98.9 cm³/mol. The number of aromatic amines is 2. The smallest absolute Gasteiger partial charge is 0.325 e. The highest BCUT2D eigenvalue weighted by atomic mass is 16.2. The zero-order valence-electron chi connectivity index (χ0n) is 14.9. The highest BCUT2D eigenvalue weighted by Gasteiger charge is 2.12. The van der Waals surface area contributed by atoms with Crippen LogP contribution in [0.5, 0.6) is 0 Å². The van der Waals surface area contributed by atoms with Crippen LogP contribution in [0.4, 0.5) is 0 Å². The van der Waals surface area contributed by atoms with Gasteiger partial charge < -0.3 is 10.3 Å². The van der Waals surface area contributed by atoms with Crippen LogP contribution < -0.4 is 16.6 Å². The summed E-state index contributed by atoms with van der Waals surface area (Å²) in [6, 6.07) is 8.22. The highest BCUT2D eigenvalue weighted by Crippen LogP contribution is 2.13. The van der Waals surface area contributed by atoms with E-state index >= 15 is 0 Å². The van der Waals surface area contributed by atoms with Crippen molar-refractivity contribution >= 4 is 5.91 Å². The molecule has 1 aliphatic rings. The number of hydrogen-bond acceptors (Lipinski definition) is 4. The van der Waals surface area contributed by atoms with Crippen LogP contribution in [0.3, 0.4) is 0 Å². The molecule has 7 heteroatoms. The third kappa shape index (κ3) is 4.70. The molecule has 2 heterocycles. The van der Waals surface area contributed by atoms with Crippen LogP contribution in [-0.2, 0) is 24.3 Å². The van der Waals surface area contributed by atoms with E-state index in [0.29, 0.717) is 12.2 Å². The molecule has 3 rings (SSSR count). The maximum atomic E-state index is 12.1. The Balaban J connectivity index is 1.53. The van der Waals surface area contributed by atoms with Crippen molar-refractivity contribution in [2.24, 2.45) is 0 Å². The minimum absolute atomic E-state index is 0.0645. The van der Waals surface area contributed by atoms with Crippen LogP contribution >= 0.6 is 0 Å². The zero-order chi connectivity index (χ0) is 18.5. The molecule has 138 valence electrons. The van der Waals surface area contributed by atoms with Gasteiger partial charge in [-0.15, -0.1) is 0 Å². The van der Waals surface area contributed by atoms with Crippen molar-refractivity contribution in [2.75, 3.05) is 13.1 Å². The van der Waals surface area contributed by atoms with E-state index < -0.39 is 11.2 Å². The third-order valence-corrected chi connectivity index (χ3v) is 4.71. The van der Waals surface area contributed by atoms with E-state index in [9.17, 15) is 14.4 Å². The molecule has 1 aromatic carbocycles. The van der Waals surface area contributed by atoms with Crippen LogP contribution in [-0.4, -0.2) is 33.9 Å². The highest BCUT2D eigenvalue weighted by molar-refractivity contribution is 5.78. The molecule has 7 nitrogen and oxygen atoms in total. The third-order valence-electron chi connectivity index (χ3n) is 4.71. The van der Waals surface area contributed by atoms with Crippen LogP contribution in [0, 0.1) is 6.92 Å². The number of benzene rings is 1. The van der Waals surface area contributed by atoms with E-state index in [1.54, 1.807) is 6.92 Å². The second kappa shape index (κ2) is 8.14. The lowest BCUT2D eigenvalue weighted by Gasteiger charge is -2.14. The molecule has 0 unspecified atom stereocenters.